The number of rotatable bonds is 8. The Hall–Kier alpha value is 0.720. The van der Waals surface area contributed by atoms with Gasteiger partial charge in [0.15, 0.2) is 0 Å². The first-order valence-corrected chi connectivity index (χ1v) is 11.2. The van der Waals surface area contributed by atoms with Gasteiger partial charge in [-0.1, -0.05) is 0 Å². The van der Waals surface area contributed by atoms with Crippen molar-refractivity contribution in [2.24, 2.45) is 0 Å². The van der Waals surface area contributed by atoms with Gasteiger partial charge < -0.3 is 0 Å². The molecule has 1 aliphatic rings. The SMILES string of the molecule is CCCCCCP1(Cl)(CCCC)CCCC1. The summed E-state index contributed by atoms with van der Waals surface area (Å²) in [6.07, 6.45) is 16.7. The quantitative estimate of drug-likeness (QED) is 0.380. The van der Waals surface area contributed by atoms with Gasteiger partial charge in [0, 0.05) is 0 Å². The van der Waals surface area contributed by atoms with E-state index in [1.54, 1.807) is 0 Å². The molecule has 0 saturated carbocycles. The van der Waals surface area contributed by atoms with E-state index in [0.29, 0.717) is 0 Å². The number of unbranched alkanes of at least 4 members (excludes halogenated alkanes) is 4. The number of halogens is 1. The summed E-state index contributed by atoms with van der Waals surface area (Å²) < 4.78 is 0. The van der Waals surface area contributed by atoms with Crippen LogP contribution in [-0.4, -0.2) is 24.6 Å². The van der Waals surface area contributed by atoms with E-state index in [0.717, 1.165) is 0 Å². The van der Waals surface area contributed by atoms with Crippen LogP contribution in [0, 0.1) is 0 Å². The van der Waals surface area contributed by atoms with Crippen molar-refractivity contribution < 1.29 is 0 Å². The molecule has 16 heavy (non-hydrogen) atoms. The Morgan fingerprint density at radius 1 is 0.812 bits per heavy atom. The van der Waals surface area contributed by atoms with Gasteiger partial charge in [0.1, 0.15) is 0 Å². The molecule has 0 N–H and O–H groups in total. The molecule has 1 fully saturated rings. The van der Waals surface area contributed by atoms with Crippen molar-refractivity contribution in [3.8, 4) is 0 Å². The van der Waals surface area contributed by atoms with Crippen molar-refractivity contribution in [2.75, 3.05) is 24.6 Å². The summed E-state index contributed by atoms with van der Waals surface area (Å²) in [7, 11) is 0. The molecule has 2 heteroatoms. The molecule has 0 radical (unpaired) electrons. The summed E-state index contributed by atoms with van der Waals surface area (Å²) in [5.41, 5.74) is 0. The van der Waals surface area contributed by atoms with Crippen molar-refractivity contribution >= 4 is 17.2 Å². The van der Waals surface area contributed by atoms with Gasteiger partial charge >= 0.3 is 107 Å². The van der Waals surface area contributed by atoms with Gasteiger partial charge in [-0.25, -0.2) is 0 Å². The van der Waals surface area contributed by atoms with Crippen LogP contribution < -0.4 is 0 Å². The van der Waals surface area contributed by atoms with Gasteiger partial charge in [-0.05, 0) is 0 Å². The zero-order valence-electron chi connectivity index (χ0n) is 11.3. The first-order chi connectivity index (χ1) is 7.63. The Balaban J connectivity index is 2.44. The van der Waals surface area contributed by atoms with Gasteiger partial charge in [-0.15, -0.1) is 0 Å². The summed E-state index contributed by atoms with van der Waals surface area (Å²) in [4.78, 5) is 0. The van der Waals surface area contributed by atoms with E-state index in [4.69, 9.17) is 11.2 Å². The normalized spacial score (nSPS) is 25.1. The molecule has 1 saturated heterocycles. The summed E-state index contributed by atoms with van der Waals surface area (Å²) >= 11 is 7.22. The summed E-state index contributed by atoms with van der Waals surface area (Å²) in [6, 6.07) is 0. The van der Waals surface area contributed by atoms with Crippen LogP contribution in [0.5, 0.6) is 0 Å². The molecule has 0 aliphatic carbocycles. The molecule has 1 heterocycles. The molecular weight excluding hydrogens is 235 g/mol. The third-order valence-electron chi connectivity index (χ3n) is 4.32. The maximum absolute atomic E-state index is 7.22. The molecule has 98 valence electrons. The fraction of sp³-hybridized carbons (Fsp3) is 1.00. The molecule has 0 spiro atoms. The second-order valence-corrected chi connectivity index (χ2v) is 14.1. The Kier molecular flexibility index (Phi) is 6.10. The summed E-state index contributed by atoms with van der Waals surface area (Å²) in [5, 5.41) is 0. The molecular formula is C14H30ClP. The Morgan fingerprint density at radius 2 is 1.38 bits per heavy atom. The molecule has 0 nitrogen and oxygen atoms in total. The number of hydrogen-bond acceptors (Lipinski definition) is 0. The van der Waals surface area contributed by atoms with Gasteiger partial charge in [0.2, 0.25) is 0 Å². The average Bonchev–Trinajstić information content (AvgIpc) is 2.67. The molecule has 0 aromatic heterocycles. The van der Waals surface area contributed by atoms with Gasteiger partial charge in [0.05, 0.1) is 0 Å². The van der Waals surface area contributed by atoms with Crippen molar-refractivity contribution in [1.82, 2.24) is 0 Å². The van der Waals surface area contributed by atoms with Crippen LogP contribution in [0.25, 0.3) is 0 Å². The third-order valence-corrected chi connectivity index (χ3v) is 12.1. The van der Waals surface area contributed by atoms with Gasteiger partial charge in [-0.3, -0.25) is 0 Å². The molecule has 0 amide bonds. The van der Waals surface area contributed by atoms with E-state index in [2.05, 4.69) is 13.8 Å². The van der Waals surface area contributed by atoms with E-state index in [-0.39, 0.29) is 0 Å². The van der Waals surface area contributed by atoms with Crippen molar-refractivity contribution in [2.45, 2.75) is 65.2 Å². The van der Waals surface area contributed by atoms with Gasteiger partial charge in [0.25, 0.3) is 0 Å². The van der Waals surface area contributed by atoms with Crippen LogP contribution in [0.1, 0.15) is 65.2 Å². The van der Waals surface area contributed by atoms with Gasteiger partial charge in [-0.2, -0.15) is 0 Å². The fourth-order valence-corrected chi connectivity index (χ4v) is 10.1. The van der Waals surface area contributed by atoms with Crippen molar-refractivity contribution in [1.29, 1.82) is 0 Å². The second kappa shape index (κ2) is 6.60. The Bertz CT molecular complexity index is 197. The zero-order valence-corrected chi connectivity index (χ0v) is 13.0. The predicted octanol–water partition coefficient (Wildman–Crippen LogP) is 5.87. The zero-order chi connectivity index (χ0) is 11.9. The first-order valence-electron chi connectivity index (χ1n) is 7.35. The van der Waals surface area contributed by atoms with Crippen LogP contribution in [0.2, 0.25) is 0 Å². The van der Waals surface area contributed by atoms with E-state index in [1.807, 2.05) is 0 Å². The maximum atomic E-state index is 7.22. The van der Waals surface area contributed by atoms with Crippen LogP contribution in [0.3, 0.4) is 0 Å². The van der Waals surface area contributed by atoms with Crippen LogP contribution in [-0.2, 0) is 0 Å². The Morgan fingerprint density at radius 3 is 1.94 bits per heavy atom. The molecule has 1 rings (SSSR count). The van der Waals surface area contributed by atoms with E-state index in [9.17, 15) is 0 Å². The minimum absolute atomic E-state index is 1.32. The van der Waals surface area contributed by atoms with E-state index in [1.165, 1.54) is 76.0 Å². The summed E-state index contributed by atoms with van der Waals surface area (Å²) in [6.45, 7) is 4.59. The number of hydrogen-bond donors (Lipinski definition) is 0. The van der Waals surface area contributed by atoms with E-state index < -0.39 is 5.96 Å². The van der Waals surface area contributed by atoms with Crippen LogP contribution >= 0.6 is 17.2 Å². The van der Waals surface area contributed by atoms with Crippen LogP contribution in [0.4, 0.5) is 0 Å². The standard InChI is InChI=1S/C14H30ClP/c1-3-5-7-8-12-16(15,11-6-4-2)13-9-10-14-16/h3-14H2,1-2H3. The first kappa shape index (κ1) is 14.8. The monoisotopic (exact) mass is 264 g/mol. The van der Waals surface area contributed by atoms with E-state index >= 15 is 0 Å². The minimum atomic E-state index is -1.70. The average molecular weight is 265 g/mol. The summed E-state index contributed by atoms with van der Waals surface area (Å²) in [5.74, 6) is -1.70. The molecule has 0 unspecified atom stereocenters. The van der Waals surface area contributed by atoms with Crippen molar-refractivity contribution in [3.63, 3.8) is 0 Å². The molecule has 0 bridgehead atoms. The van der Waals surface area contributed by atoms with Crippen molar-refractivity contribution in [3.05, 3.63) is 0 Å². The molecule has 0 aromatic rings. The topological polar surface area (TPSA) is 0 Å². The van der Waals surface area contributed by atoms with Crippen LogP contribution in [0.15, 0.2) is 0 Å². The molecule has 0 aromatic carbocycles. The third kappa shape index (κ3) is 4.19. The second-order valence-electron chi connectivity index (χ2n) is 5.84. The predicted molar refractivity (Wildman–Crippen MR) is 80.5 cm³/mol. The molecule has 1 aliphatic heterocycles. The fourth-order valence-electron chi connectivity index (χ4n) is 3.17. The molecule has 0 atom stereocenters. The Labute approximate surface area is 107 Å².